The van der Waals surface area contributed by atoms with Crippen molar-refractivity contribution in [1.82, 2.24) is 20.0 Å². The molecule has 1 aliphatic rings. The number of hydrogen-bond acceptors (Lipinski definition) is 4. The number of carbonyl (C=O) groups is 2. The summed E-state index contributed by atoms with van der Waals surface area (Å²) in [5.74, 6) is -0.398. The summed E-state index contributed by atoms with van der Waals surface area (Å²) in [4.78, 5) is 26.3. The Balaban J connectivity index is 1.85. The molecule has 1 fully saturated rings. The number of rotatable bonds is 6. The van der Waals surface area contributed by atoms with Crippen LogP contribution in [0.3, 0.4) is 0 Å². The molecule has 1 N–H and O–H groups in total. The molecule has 27 heavy (non-hydrogen) atoms. The van der Waals surface area contributed by atoms with E-state index in [0.717, 1.165) is 0 Å². The van der Waals surface area contributed by atoms with E-state index in [1.807, 2.05) is 38.1 Å². The molecule has 7 heteroatoms. The van der Waals surface area contributed by atoms with Crippen LogP contribution >= 0.6 is 0 Å². The van der Waals surface area contributed by atoms with Crippen LogP contribution < -0.4 is 5.32 Å². The Kier molecular flexibility index (Phi) is 5.30. The second kappa shape index (κ2) is 7.50. The van der Waals surface area contributed by atoms with Gasteiger partial charge in [-0.25, -0.2) is 4.39 Å². The van der Waals surface area contributed by atoms with Gasteiger partial charge in [-0.15, -0.1) is 0 Å². The van der Waals surface area contributed by atoms with E-state index in [1.54, 1.807) is 0 Å². The fourth-order valence-corrected chi connectivity index (χ4v) is 3.58. The van der Waals surface area contributed by atoms with E-state index in [1.165, 1.54) is 16.5 Å². The Labute approximate surface area is 158 Å². The Morgan fingerprint density at radius 3 is 2.74 bits per heavy atom. The van der Waals surface area contributed by atoms with Crippen molar-refractivity contribution in [2.75, 3.05) is 6.54 Å². The smallest absolute Gasteiger partial charge is 0.244 e. The Hall–Kier alpha value is -2.70. The van der Waals surface area contributed by atoms with Crippen LogP contribution in [-0.2, 0) is 11.3 Å². The zero-order chi connectivity index (χ0) is 19.7. The molecule has 6 nitrogen and oxygen atoms in total. The number of benzene rings is 1. The highest BCUT2D eigenvalue weighted by Gasteiger charge is 2.37. The van der Waals surface area contributed by atoms with E-state index in [-0.39, 0.29) is 43.3 Å². The third kappa shape index (κ3) is 3.86. The predicted octanol–water partition coefficient (Wildman–Crippen LogP) is 2.69. The summed E-state index contributed by atoms with van der Waals surface area (Å²) in [6.07, 6.45) is -0.838. The van der Waals surface area contributed by atoms with Crippen molar-refractivity contribution in [3.05, 3.63) is 42.2 Å². The topological polar surface area (TPSA) is 67.2 Å². The second-order valence-electron chi connectivity index (χ2n) is 7.30. The van der Waals surface area contributed by atoms with Gasteiger partial charge >= 0.3 is 0 Å². The average Bonchev–Trinajstić information content (AvgIpc) is 3.16. The number of para-hydroxylation sites is 1. The zero-order valence-corrected chi connectivity index (χ0v) is 15.9. The summed E-state index contributed by atoms with van der Waals surface area (Å²) >= 11 is 0. The van der Waals surface area contributed by atoms with Crippen LogP contribution in [0.5, 0.6) is 0 Å². The summed E-state index contributed by atoms with van der Waals surface area (Å²) in [5.41, 5.74) is 1.70. The number of aromatic nitrogens is 2. The molecule has 0 saturated carbocycles. The molecular weight excluding hydrogens is 347 g/mol. The number of likely N-dealkylation sites (tertiary alicyclic amines) is 1. The first kappa shape index (κ1) is 19.1. The lowest BCUT2D eigenvalue weighted by Gasteiger charge is -2.28. The van der Waals surface area contributed by atoms with Crippen LogP contribution in [0.2, 0.25) is 0 Å². The summed E-state index contributed by atoms with van der Waals surface area (Å²) < 4.78 is 15.6. The Morgan fingerprint density at radius 2 is 2.07 bits per heavy atom. The van der Waals surface area contributed by atoms with E-state index < -0.39 is 6.17 Å². The standard InChI is InChI=1S/C20H25FN4O2/c1-12(2)22-13(3)18-9-15(21)10-24(18)19(27)11-25-17-8-6-5-7-16(17)20(23-25)14(4)26/h5-8,12,15,18,22H,3,9-11H2,1-2,4H3/t15-,18+/m1/s1. The quantitative estimate of drug-likeness (QED) is 0.792. The first-order chi connectivity index (χ1) is 12.8. The van der Waals surface area contributed by atoms with Gasteiger partial charge in [0.2, 0.25) is 5.91 Å². The number of Topliss-reactive ketones (excluding diaryl/α,β-unsaturated/α-hetero) is 1. The van der Waals surface area contributed by atoms with Crippen molar-refractivity contribution in [3.8, 4) is 0 Å². The lowest BCUT2D eigenvalue weighted by Crippen LogP contribution is -2.42. The van der Waals surface area contributed by atoms with Gasteiger partial charge in [0.05, 0.1) is 18.1 Å². The van der Waals surface area contributed by atoms with Crippen molar-refractivity contribution >= 4 is 22.6 Å². The van der Waals surface area contributed by atoms with E-state index in [4.69, 9.17) is 0 Å². The van der Waals surface area contributed by atoms with Crippen LogP contribution in [0.4, 0.5) is 4.39 Å². The number of halogens is 1. The van der Waals surface area contributed by atoms with Gasteiger partial charge in [0.1, 0.15) is 18.4 Å². The molecule has 1 aliphatic heterocycles. The number of hydrogen-bond donors (Lipinski definition) is 1. The van der Waals surface area contributed by atoms with Gasteiger partial charge in [0.15, 0.2) is 5.78 Å². The lowest BCUT2D eigenvalue weighted by atomic mass is 10.1. The molecule has 0 spiro atoms. The van der Waals surface area contributed by atoms with Gasteiger partial charge in [-0.1, -0.05) is 24.8 Å². The molecule has 144 valence electrons. The molecule has 3 rings (SSSR count). The molecule has 2 heterocycles. The molecule has 0 bridgehead atoms. The molecule has 1 aromatic heterocycles. The highest BCUT2D eigenvalue weighted by molar-refractivity contribution is 6.05. The monoisotopic (exact) mass is 372 g/mol. The number of alkyl halides is 1. The third-order valence-electron chi connectivity index (χ3n) is 4.72. The molecule has 2 atom stereocenters. The lowest BCUT2D eigenvalue weighted by molar-refractivity contribution is -0.132. The molecule has 0 aliphatic carbocycles. The van der Waals surface area contributed by atoms with Crippen molar-refractivity contribution in [2.24, 2.45) is 0 Å². The minimum Gasteiger partial charge on any atom is -0.385 e. The van der Waals surface area contributed by atoms with Gasteiger partial charge in [-0.3, -0.25) is 14.3 Å². The normalized spacial score (nSPS) is 19.7. The number of nitrogens with zero attached hydrogens (tertiary/aromatic N) is 3. The van der Waals surface area contributed by atoms with E-state index in [0.29, 0.717) is 22.3 Å². The molecule has 1 saturated heterocycles. The molecule has 1 aromatic carbocycles. The summed E-state index contributed by atoms with van der Waals surface area (Å²) in [7, 11) is 0. The molecule has 0 unspecified atom stereocenters. The number of fused-ring (bicyclic) bond motifs is 1. The van der Waals surface area contributed by atoms with Crippen molar-refractivity contribution in [2.45, 2.75) is 52.0 Å². The maximum absolute atomic E-state index is 14.1. The van der Waals surface area contributed by atoms with Crippen molar-refractivity contribution in [1.29, 1.82) is 0 Å². The van der Waals surface area contributed by atoms with Crippen LogP contribution in [0.1, 0.15) is 37.7 Å². The summed E-state index contributed by atoms with van der Waals surface area (Å²) in [5, 5.41) is 8.22. The molecule has 1 amide bonds. The highest BCUT2D eigenvalue weighted by Crippen LogP contribution is 2.26. The average molecular weight is 372 g/mol. The van der Waals surface area contributed by atoms with Crippen molar-refractivity contribution < 1.29 is 14.0 Å². The SMILES string of the molecule is C=C(NC(C)C)[C@@H]1C[C@@H](F)CN1C(=O)Cn1nc(C(C)=O)c2ccccc21. The fraction of sp³-hybridized carbons (Fsp3) is 0.450. The molecule has 0 radical (unpaired) electrons. The van der Waals surface area contributed by atoms with Crippen LogP contribution in [0.25, 0.3) is 10.9 Å². The number of ketones is 1. The van der Waals surface area contributed by atoms with Gasteiger partial charge in [0.25, 0.3) is 0 Å². The van der Waals surface area contributed by atoms with E-state index in [9.17, 15) is 14.0 Å². The minimum absolute atomic E-state index is 0.0427. The molecular formula is C20H25FN4O2. The number of carbonyl (C=O) groups excluding carboxylic acids is 2. The highest BCUT2D eigenvalue weighted by atomic mass is 19.1. The zero-order valence-electron chi connectivity index (χ0n) is 15.9. The maximum atomic E-state index is 14.1. The minimum atomic E-state index is -1.08. The van der Waals surface area contributed by atoms with Gasteiger partial charge in [-0.2, -0.15) is 5.10 Å². The maximum Gasteiger partial charge on any atom is 0.244 e. The van der Waals surface area contributed by atoms with Crippen LogP contribution in [0, 0.1) is 0 Å². The van der Waals surface area contributed by atoms with E-state index in [2.05, 4.69) is 17.0 Å². The second-order valence-corrected chi connectivity index (χ2v) is 7.30. The van der Waals surface area contributed by atoms with Crippen LogP contribution in [-0.4, -0.2) is 51.2 Å². The fourth-order valence-electron chi connectivity index (χ4n) is 3.58. The predicted molar refractivity (Wildman–Crippen MR) is 102 cm³/mol. The largest absolute Gasteiger partial charge is 0.385 e. The summed E-state index contributed by atoms with van der Waals surface area (Å²) in [6.45, 7) is 9.37. The van der Waals surface area contributed by atoms with Gasteiger partial charge in [-0.05, 0) is 19.9 Å². The number of nitrogens with one attached hydrogen (secondary N) is 1. The van der Waals surface area contributed by atoms with Gasteiger partial charge < -0.3 is 10.2 Å². The summed E-state index contributed by atoms with van der Waals surface area (Å²) in [6, 6.07) is 7.06. The third-order valence-corrected chi connectivity index (χ3v) is 4.72. The van der Waals surface area contributed by atoms with Gasteiger partial charge in [0, 0.05) is 30.5 Å². The Morgan fingerprint density at radius 1 is 1.37 bits per heavy atom. The van der Waals surface area contributed by atoms with Crippen LogP contribution in [0.15, 0.2) is 36.5 Å². The first-order valence-corrected chi connectivity index (χ1v) is 9.13. The van der Waals surface area contributed by atoms with Crippen molar-refractivity contribution in [3.63, 3.8) is 0 Å². The first-order valence-electron chi connectivity index (χ1n) is 9.13. The van der Waals surface area contributed by atoms with E-state index >= 15 is 0 Å². The number of amides is 1. The molecule has 2 aromatic rings. The Bertz CT molecular complexity index is 889.